The summed E-state index contributed by atoms with van der Waals surface area (Å²) < 4.78 is 19.3. The minimum atomic E-state index is -0.274. The highest BCUT2D eigenvalue weighted by Gasteiger charge is 2.38. The molecule has 0 aliphatic carbocycles. The first-order valence-electron chi connectivity index (χ1n) is 11.4. The Balaban J connectivity index is 1.35. The number of aromatic amines is 1. The van der Waals surface area contributed by atoms with Gasteiger partial charge in [-0.1, -0.05) is 12.1 Å². The molecule has 6 rings (SSSR count). The summed E-state index contributed by atoms with van der Waals surface area (Å²) in [5.41, 5.74) is 11.4. The topological polar surface area (TPSA) is 97.1 Å². The van der Waals surface area contributed by atoms with Gasteiger partial charge in [0.05, 0.1) is 18.2 Å². The minimum absolute atomic E-state index is 0.0328. The Hall–Kier alpha value is -3.78. The molecule has 2 aromatic carbocycles. The SMILES string of the molecule is C[C@H]1OCc2c1c(N)nc1ccc(C(=O)N3C[C@H](c4ccc(F)cc4)[C@@H](c4ccn[nH]4)C3)cc21. The standard InChI is InChI=1S/C26H24FN5O2/c1-14-24-21(13-34-14)18-10-16(4-7-22(18)30-25(24)28)26(33)32-11-19(15-2-5-17(27)6-3-15)20(12-32)23-8-9-29-31-23/h2-10,14,19-20H,11-13H2,1H3,(H2,28,30)(H,29,31)/t14-,19-,20+/m1/s1. The number of nitrogens with zero attached hydrogens (tertiary/aromatic N) is 3. The number of amides is 1. The molecule has 8 heteroatoms. The molecule has 2 aliphatic rings. The first kappa shape index (κ1) is 20.8. The van der Waals surface area contributed by atoms with Crippen molar-refractivity contribution in [3.63, 3.8) is 0 Å². The summed E-state index contributed by atoms with van der Waals surface area (Å²) in [7, 11) is 0. The number of ether oxygens (including phenoxy) is 1. The van der Waals surface area contributed by atoms with E-state index in [-0.39, 0.29) is 29.7 Å². The molecular weight excluding hydrogens is 433 g/mol. The number of anilines is 1. The highest BCUT2D eigenvalue weighted by atomic mass is 19.1. The van der Waals surface area contributed by atoms with Crippen LogP contribution in [0.5, 0.6) is 0 Å². The smallest absolute Gasteiger partial charge is 0.253 e. The summed E-state index contributed by atoms with van der Waals surface area (Å²) in [5.74, 6) is 0.232. The van der Waals surface area contributed by atoms with E-state index in [1.165, 1.54) is 12.1 Å². The van der Waals surface area contributed by atoms with Crippen LogP contribution in [0.25, 0.3) is 10.9 Å². The molecule has 2 aliphatic heterocycles. The minimum Gasteiger partial charge on any atom is -0.383 e. The van der Waals surface area contributed by atoms with Crippen molar-refractivity contribution in [2.45, 2.75) is 31.5 Å². The maximum Gasteiger partial charge on any atom is 0.253 e. The normalized spacial score (nSPS) is 21.8. The number of nitrogens with one attached hydrogen (secondary N) is 1. The van der Waals surface area contributed by atoms with Crippen LogP contribution < -0.4 is 5.73 Å². The molecule has 3 atom stereocenters. The number of hydrogen-bond acceptors (Lipinski definition) is 5. The lowest BCUT2D eigenvalue weighted by Gasteiger charge is -2.17. The zero-order chi connectivity index (χ0) is 23.4. The molecule has 0 unspecified atom stereocenters. The molecule has 0 spiro atoms. The molecule has 1 fully saturated rings. The number of carbonyl (C=O) groups is 1. The number of aromatic nitrogens is 3. The highest BCUT2D eigenvalue weighted by Crippen LogP contribution is 2.41. The fourth-order valence-corrected chi connectivity index (χ4v) is 5.39. The summed E-state index contributed by atoms with van der Waals surface area (Å²) in [5, 5.41) is 8.06. The van der Waals surface area contributed by atoms with Gasteiger partial charge in [-0.05, 0) is 54.4 Å². The second-order valence-corrected chi connectivity index (χ2v) is 9.06. The summed E-state index contributed by atoms with van der Waals surface area (Å²) in [6.07, 6.45) is 1.60. The molecule has 4 aromatic rings. The van der Waals surface area contributed by atoms with E-state index in [0.29, 0.717) is 31.1 Å². The van der Waals surface area contributed by atoms with E-state index < -0.39 is 0 Å². The predicted octanol–water partition coefficient (Wildman–Crippen LogP) is 4.29. The van der Waals surface area contributed by atoms with E-state index in [9.17, 15) is 9.18 Å². The number of nitrogens with two attached hydrogens (primary N) is 1. The van der Waals surface area contributed by atoms with Gasteiger partial charge in [0.25, 0.3) is 5.91 Å². The zero-order valence-electron chi connectivity index (χ0n) is 18.7. The highest BCUT2D eigenvalue weighted by molar-refractivity contribution is 5.99. The van der Waals surface area contributed by atoms with Crippen LogP contribution in [0.2, 0.25) is 0 Å². The van der Waals surface area contributed by atoms with Gasteiger partial charge in [0.1, 0.15) is 11.6 Å². The number of rotatable bonds is 3. The Morgan fingerprint density at radius 2 is 1.94 bits per heavy atom. The lowest BCUT2D eigenvalue weighted by atomic mass is 9.87. The van der Waals surface area contributed by atoms with Gasteiger partial charge in [-0.2, -0.15) is 5.10 Å². The molecule has 0 saturated carbocycles. The monoisotopic (exact) mass is 457 g/mol. The number of pyridine rings is 1. The third-order valence-electron chi connectivity index (χ3n) is 7.12. The van der Waals surface area contributed by atoms with Gasteiger partial charge in [-0.25, -0.2) is 9.37 Å². The molecule has 2 aromatic heterocycles. The fraction of sp³-hybridized carbons (Fsp3) is 0.269. The lowest BCUT2D eigenvalue weighted by molar-refractivity contribution is 0.0787. The van der Waals surface area contributed by atoms with Crippen molar-refractivity contribution < 1.29 is 13.9 Å². The summed E-state index contributed by atoms with van der Waals surface area (Å²) in [6.45, 7) is 3.49. The van der Waals surface area contributed by atoms with Crippen LogP contribution in [-0.4, -0.2) is 39.1 Å². The molecule has 1 saturated heterocycles. The number of carbonyl (C=O) groups excluding carboxylic acids is 1. The number of hydrogen-bond donors (Lipinski definition) is 2. The van der Waals surface area contributed by atoms with Crippen molar-refractivity contribution in [2.75, 3.05) is 18.8 Å². The summed E-state index contributed by atoms with van der Waals surface area (Å²) >= 11 is 0. The average molecular weight is 458 g/mol. The predicted molar refractivity (Wildman–Crippen MR) is 126 cm³/mol. The maximum absolute atomic E-state index is 13.6. The molecule has 0 bridgehead atoms. The average Bonchev–Trinajstić information content (AvgIpc) is 3.59. The van der Waals surface area contributed by atoms with Crippen LogP contribution in [-0.2, 0) is 11.3 Å². The van der Waals surface area contributed by atoms with Crippen LogP contribution in [0.4, 0.5) is 10.2 Å². The number of H-pyrrole nitrogens is 1. The van der Waals surface area contributed by atoms with Gasteiger partial charge in [0.2, 0.25) is 0 Å². The number of nitrogen functional groups attached to an aromatic ring is 1. The fourth-order valence-electron chi connectivity index (χ4n) is 5.39. The first-order chi connectivity index (χ1) is 16.5. The van der Waals surface area contributed by atoms with Crippen LogP contribution in [0.15, 0.2) is 54.7 Å². The first-order valence-corrected chi connectivity index (χ1v) is 11.4. The number of benzene rings is 2. The van der Waals surface area contributed by atoms with Crippen molar-refractivity contribution in [1.82, 2.24) is 20.1 Å². The molecule has 172 valence electrons. The molecule has 4 heterocycles. The van der Waals surface area contributed by atoms with Gasteiger partial charge in [-0.3, -0.25) is 9.89 Å². The summed E-state index contributed by atoms with van der Waals surface area (Å²) in [4.78, 5) is 20.0. The molecule has 7 nitrogen and oxygen atoms in total. The second-order valence-electron chi connectivity index (χ2n) is 9.06. The number of halogens is 1. The van der Waals surface area contributed by atoms with Crippen LogP contribution in [0.3, 0.4) is 0 Å². The van der Waals surface area contributed by atoms with Crippen molar-refractivity contribution in [3.05, 3.63) is 88.5 Å². The van der Waals surface area contributed by atoms with Crippen LogP contribution in [0, 0.1) is 5.82 Å². The van der Waals surface area contributed by atoms with E-state index in [1.807, 2.05) is 30.0 Å². The Bertz CT molecular complexity index is 1390. The van der Waals surface area contributed by atoms with Gasteiger partial charge in [0, 0.05) is 53.3 Å². The summed E-state index contributed by atoms with van der Waals surface area (Å²) in [6, 6.07) is 14.0. The van der Waals surface area contributed by atoms with Crippen molar-refractivity contribution in [3.8, 4) is 0 Å². The van der Waals surface area contributed by atoms with Gasteiger partial charge in [-0.15, -0.1) is 0 Å². The Morgan fingerprint density at radius 3 is 2.71 bits per heavy atom. The number of fused-ring (bicyclic) bond motifs is 3. The lowest BCUT2D eigenvalue weighted by Crippen LogP contribution is -2.28. The second kappa shape index (κ2) is 7.92. The third-order valence-corrected chi connectivity index (χ3v) is 7.12. The quantitative estimate of drug-likeness (QED) is 0.478. The van der Waals surface area contributed by atoms with Crippen LogP contribution >= 0.6 is 0 Å². The van der Waals surface area contributed by atoms with Crippen LogP contribution in [0.1, 0.15) is 57.6 Å². The van der Waals surface area contributed by atoms with E-state index >= 15 is 0 Å². The molecule has 1 amide bonds. The van der Waals surface area contributed by atoms with Gasteiger partial charge in [0.15, 0.2) is 0 Å². The Morgan fingerprint density at radius 1 is 1.15 bits per heavy atom. The van der Waals surface area contributed by atoms with E-state index in [4.69, 9.17) is 10.5 Å². The Kier molecular flexibility index (Phi) is 4.84. The van der Waals surface area contributed by atoms with Crippen molar-refractivity contribution in [2.24, 2.45) is 0 Å². The van der Waals surface area contributed by atoms with E-state index in [2.05, 4.69) is 15.2 Å². The zero-order valence-corrected chi connectivity index (χ0v) is 18.7. The molecular formula is C26H24FN5O2. The Labute approximate surface area is 195 Å². The third kappa shape index (κ3) is 3.33. The van der Waals surface area contributed by atoms with E-state index in [1.54, 1.807) is 24.4 Å². The largest absolute Gasteiger partial charge is 0.383 e. The number of likely N-dealkylation sites (tertiary alicyclic amines) is 1. The van der Waals surface area contributed by atoms with Crippen molar-refractivity contribution >= 4 is 22.6 Å². The molecule has 3 N–H and O–H groups in total. The molecule has 34 heavy (non-hydrogen) atoms. The molecule has 0 radical (unpaired) electrons. The maximum atomic E-state index is 13.6. The van der Waals surface area contributed by atoms with Crippen molar-refractivity contribution in [1.29, 1.82) is 0 Å². The van der Waals surface area contributed by atoms with Gasteiger partial charge >= 0.3 is 0 Å². The van der Waals surface area contributed by atoms with Gasteiger partial charge < -0.3 is 15.4 Å². The van der Waals surface area contributed by atoms with E-state index in [0.717, 1.165) is 33.3 Å².